The van der Waals surface area contributed by atoms with Crippen molar-refractivity contribution in [2.24, 2.45) is 0 Å². The van der Waals surface area contributed by atoms with E-state index in [1.807, 2.05) is 0 Å². The number of rotatable bonds is 5. The Morgan fingerprint density at radius 3 is 1.96 bits per heavy atom. The summed E-state index contributed by atoms with van der Waals surface area (Å²) >= 11 is 0. The lowest BCUT2D eigenvalue weighted by Gasteiger charge is -2.41. The highest BCUT2D eigenvalue weighted by molar-refractivity contribution is 4.98. The zero-order valence-electron chi connectivity index (χ0n) is 12.0. The van der Waals surface area contributed by atoms with E-state index in [0.29, 0.717) is 0 Å². The molecule has 0 unspecified atom stereocenters. The van der Waals surface area contributed by atoms with Gasteiger partial charge in [-0.3, -0.25) is 0 Å². The van der Waals surface area contributed by atoms with Crippen molar-refractivity contribution in [3.8, 4) is 0 Å². The molecule has 0 aliphatic carbocycles. The molecule has 2 saturated heterocycles. The molecule has 2 aliphatic heterocycles. The quantitative estimate of drug-likeness (QED) is 0.238. The summed E-state index contributed by atoms with van der Waals surface area (Å²) in [7, 11) is 0. The molecule has 2 fully saturated rings. The number of hydrogen-bond donors (Lipinski definition) is 8. The summed E-state index contributed by atoms with van der Waals surface area (Å²) in [6.45, 7) is -2.33. The summed E-state index contributed by atoms with van der Waals surface area (Å²) < 4.78 is 15.2. The lowest BCUT2D eigenvalue weighted by Crippen LogP contribution is -2.61. The first-order valence-corrected chi connectivity index (χ1v) is 7.05. The molecular formula is C12H22O11. The van der Waals surface area contributed by atoms with Gasteiger partial charge in [0.1, 0.15) is 42.7 Å². The Kier molecular flexibility index (Phi) is 5.92. The smallest absolute Gasteiger partial charge is 0.219 e. The van der Waals surface area contributed by atoms with Gasteiger partial charge in [-0.05, 0) is 0 Å². The zero-order chi connectivity index (χ0) is 17.4. The maximum atomic E-state index is 10.1. The van der Waals surface area contributed by atoms with Crippen LogP contribution in [-0.2, 0) is 14.2 Å². The van der Waals surface area contributed by atoms with Gasteiger partial charge >= 0.3 is 0 Å². The van der Waals surface area contributed by atoms with Gasteiger partial charge in [-0.2, -0.15) is 0 Å². The first-order chi connectivity index (χ1) is 10.8. The maximum absolute atomic E-state index is 10.1. The highest BCUT2D eigenvalue weighted by Gasteiger charge is 2.57. The second-order valence-corrected chi connectivity index (χ2v) is 5.59. The zero-order valence-corrected chi connectivity index (χ0v) is 12.0. The second-order valence-electron chi connectivity index (χ2n) is 5.59. The van der Waals surface area contributed by atoms with Crippen LogP contribution < -0.4 is 0 Å². The molecule has 11 nitrogen and oxygen atoms in total. The van der Waals surface area contributed by atoms with E-state index in [-0.39, 0.29) is 0 Å². The van der Waals surface area contributed by atoms with Gasteiger partial charge in [0.2, 0.25) is 5.79 Å². The van der Waals surface area contributed by atoms with E-state index in [0.717, 1.165) is 0 Å². The molecule has 2 aliphatic rings. The monoisotopic (exact) mass is 342 g/mol. The fraction of sp³-hybridized carbons (Fsp3) is 1.00. The minimum absolute atomic E-state index is 0.669. The van der Waals surface area contributed by atoms with Gasteiger partial charge in [-0.25, -0.2) is 0 Å². The Hall–Kier alpha value is -0.440. The van der Waals surface area contributed by atoms with Crippen LogP contribution in [0.25, 0.3) is 0 Å². The van der Waals surface area contributed by atoms with Gasteiger partial charge in [0.15, 0.2) is 6.29 Å². The van der Waals surface area contributed by atoms with Crippen molar-refractivity contribution in [1.29, 1.82) is 0 Å². The third-order valence-electron chi connectivity index (χ3n) is 4.03. The van der Waals surface area contributed by atoms with Crippen molar-refractivity contribution >= 4 is 0 Å². The largest absolute Gasteiger partial charge is 0.394 e. The summed E-state index contributed by atoms with van der Waals surface area (Å²) in [6, 6.07) is 0. The van der Waals surface area contributed by atoms with Crippen LogP contribution in [0.5, 0.6) is 0 Å². The standard InChI is InChI=1S/C12H22O11/c13-1-4-6(16)8(18)9(19)11(21-4)22-10-7(17)5(2-14)23-12(10,20)3-15/h4-11,13-20H,1-3H2/t4-,5-,6-,7-,8+,9+,10+,11-,12-/m1/s1. The summed E-state index contributed by atoms with van der Waals surface area (Å²) in [6.07, 6.45) is -12.4. The molecule has 0 aromatic rings. The molecule has 0 spiro atoms. The number of ether oxygens (including phenoxy) is 3. The van der Waals surface area contributed by atoms with Crippen LogP contribution in [0.3, 0.4) is 0 Å². The van der Waals surface area contributed by atoms with E-state index in [2.05, 4.69) is 0 Å². The number of aliphatic hydroxyl groups is 8. The highest BCUT2D eigenvalue weighted by atomic mass is 16.7. The molecule has 136 valence electrons. The lowest BCUT2D eigenvalue weighted by molar-refractivity contribution is -0.342. The third-order valence-corrected chi connectivity index (χ3v) is 4.03. The Morgan fingerprint density at radius 2 is 1.43 bits per heavy atom. The molecule has 2 rings (SSSR count). The molecule has 0 amide bonds. The van der Waals surface area contributed by atoms with Crippen molar-refractivity contribution < 1.29 is 55.1 Å². The first-order valence-electron chi connectivity index (χ1n) is 7.05. The van der Waals surface area contributed by atoms with Gasteiger partial charge < -0.3 is 55.1 Å². The van der Waals surface area contributed by atoms with Crippen molar-refractivity contribution in [3.63, 3.8) is 0 Å². The van der Waals surface area contributed by atoms with Crippen LogP contribution >= 0.6 is 0 Å². The fourth-order valence-corrected chi connectivity index (χ4v) is 2.64. The average Bonchev–Trinajstić information content (AvgIpc) is 2.79. The molecule has 0 aromatic heterocycles. The average molecular weight is 342 g/mol. The highest BCUT2D eigenvalue weighted by Crippen LogP contribution is 2.34. The van der Waals surface area contributed by atoms with E-state index < -0.39 is 74.6 Å². The van der Waals surface area contributed by atoms with Crippen molar-refractivity contribution in [3.05, 3.63) is 0 Å². The Bertz CT molecular complexity index is 393. The summed E-state index contributed by atoms with van der Waals surface area (Å²) in [5.41, 5.74) is 0. The number of aliphatic hydroxyl groups excluding tert-OH is 7. The normalized spacial score (nSPS) is 51.1. The second kappa shape index (κ2) is 7.21. The van der Waals surface area contributed by atoms with E-state index in [9.17, 15) is 30.6 Å². The Balaban J connectivity index is 2.15. The summed E-state index contributed by atoms with van der Waals surface area (Å²) in [4.78, 5) is 0. The lowest BCUT2D eigenvalue weighted by atomic mass is 9.99. The Labute approximate surface area is 130 Å². The van der Waals surface area contributed by atoms with Crippen LogP contribution in [0.15, 0.2) is 0 Å². The maximum Gasteiger partial charge on any atom is 0.219 e. The van der Waals surface area contributed by atoms with Gasteiger partial charge in [0.25, 0.3) is 0 Å². The molecule has 0 aromatic carbocycles. The van der Waals surface area contributed by atoms with Crippen molar-refractivity contribution in [1.82, 2.24) is 0 Å². The van der Waals surface area contributed by atoms with Gasteiger partial charge in [0.05, 0.1) is 19.8 Å². The third kappa shape index (κ3) is 3.36. The fourth-order valence-electron chi connectivity index (χ4n) is 2.64. The van der Waals surface area contributed by atoms with E-state index in [1.165, 1.54) is 0 Å². The van der Waals surface area contributed by atoms with Gasteiger partial charge in [0, 0.05) is 0 Å². The van der Waals surface area contributed by atoms with E-state index in [1.54, 1.807) is 0 Å². The van der Waals surface area contributed by atoms with Gasteiger partial charge in [-0.1, -0.05) is 0 Å². The minimum atomic E-state index is -2.37. The van der Waals surface area contributed by atoms with Crippen LogP contribution in [0.2, 0.25) is 0 Å². The predicted octanol–water partition coefficient (Wildman–Crippen LogP) is -5.40. The molecule has 8 N–H and O–H groups in total. The van der Waals surface area contributed by atoms with Crippen molar-refractivity contribution in [2.75, 3.05) is 19.8 Å². The first kappa shape index (κ1) is 18.9. The van der Waals surface area contributed by atoms with Crippen LogP contribution in [0.1, 0.15) is 0 Å². The molecule has 2 heterocycles. The molecule has 0 bridgehead atoms. The van der Waals surface area contributed by atoms with Crippen LogP contribution in [-0.4, -0.2) is 115 Å². The minimum Gasteiger partial charge on any atom is -0.394 e. The van der Waals surface area contributed by atoms with E-state index in [4.69, 9.17) is 24.4 Å². The molecule has 23 heavy (non-hydrogen) atoms. The van der Waals surface area contributed by atoms with Crippen LogP contribution in [0.4, 0.5) is 0 Å². The summed E-state index contributed by atoms with van der Waals surface area (Å²) in [5, 5.41) is 76.7. The number of hydrogen-bond acceptors (Lipinski definition) is 11. The molecule has 0 radical (unpaired) electrons. The molecule has 9 atom stereocenters. The van der Waals surface area contributed by atoms with E-state index >= 15 is 0 Å². The topological polar surface area (TPSA) is 190 Å². The van der Waals surface area contributed by atoms with Crippen LogP contribution in [0, 0.1) is 0 Å². The predicted molar refractivity (Wildman–Crippen MR) is 68.6 cm³/mol. The van der Waals surface area contributed by atoms with Crippen molar-refractivity contribution in [2.45, 2.75) is 54.8 Å². The van der Waals surface area contributed by atoms with Gasteiger partial charge in [-0.15, -0.1) is 0 Å². The SMILES string of the molecule is OC[C@H]1O[C@](O)(CO)[C@@H](O[C@H]2O[C@H](CO)[C@@H](O)[C@H](O)[C@@H]2O)[C@@H]1O. The molecular weight excluding hydrogens is 320 g/mol. The molecule has 11 heteroatoms. The Morgan fingerprint density at radius 1 is 0.826 bits per heavy atom. The summed E-state index contributed by atoms with van der Waals surface area (Å²) in [5.74, 6) is -2.37. The molecule has 0 saturated carbocycles.